The van der Waals surface area contributed by atoms with Crippen LogP contribution in [-0.2, 0) is 5.75 Å². The van der Waals surface area contributed by atoms with E-state index in [1.807, 2.05) is 30.0 Å². The Morgan fingerprint density at radius 1 is 1.26 bits per heavy atom. The number of benzene rings is 1. The van der Waals surface area contributed by atoms with Gasteiger partial charge in [0.15, 0.2) is 0 Å². The van der Waals surface area contributed by atoms with E-state index in [1.165, 1.54) is 23.6 Å². The summed E-state index contributed by atoms with van der Waals surface area (Å²) in [6.45, 7) is 2.87. The molecule has 0 aromatic heterocycles. The largest absolute Gasteiger partial charge is 0.338 e. The fourth-order valence-electron chi connectivity index (χ4n) is 3.97. The van der Waals surface area contributed by atoms with Crippen molar-refractivity contribution in [1.29, 1.82) is 0 Å². The molecule has 0 N–H and O–H groups in total. The maximum absolute atomic E-state index is 13.0. The molecule has 0 bridgehead atoms. The van der Waals surface area contributed by atoms with Gasteiger partial charge in [0, 0.05) is 30.2 Å². The average Bonchev–Trinajstić information content (AvgIpc) is 3.29. The molecule has 0 unspecified atom stereocenters. The summed E-state index contributed by atoms with van der Waals surface area (Å²) in [6, 6.07) is 8.11. The van der Waals surface area contributed by atoms with E-state index < -0.39 is 0 Å². The van der Waals surface area contributed by atoms with Gasteiger partial charge in [0.1, 0.15) is 4.38 Å². The topological polar surface area (TPSA) is 32.7 Å². The fraction of sp³-hybridized carbons (Fsp3) is 0.556. The predicted molar refractivity (Wildman–Crippen MR) is 99.2 cm³/mol. The Morgan fingerprint density at radius 2 is 2.04 bits per heavy atom. The first-order valence-corrected chi connectivity index (χ1v) is 10.5. The summed E-state index contributed by atoms with van der Waals surface area (Å²) in [5, 5.41) is 0. The van der Waals surface area contributed by atoms with Crippen molar-refractivity contribution in [3.8, 4) is 0 Å². The van der Waals surface area contributed by atoms with Gasteiger partial charge in [0.05, 0.1) is 6.54 Å². The minimum absolute atomic E-state index is 0.233. The van der Waals surface area contributed by atoms with E-state index in [4.69, 9.17) is 0 Å². The quantitative estimate of drug-likeness (QED) is 0.832. The highest BCUT2D eigenvalue weighted by Gasteiger charge is 2.38. The number of thioether (sulfide) groups is 2. The van der Waals surface area contributed by atoms with Gasteiger partial charge in [-0.3, -0.25) is 9.79 Å². The van der Waals surface area contributed by atoms with E-state index in [-0.39, 0.29) is 5.91 Å². The van der Waals surface area contributed by atoms with Crippen molar-refractivity contribution < 1.29 is 4.79 Å². The molecule has 2 heterocycles. The number of hydrogen-bond donors (Lipinski definition) is 0. The zero-order valence-corrected chi connectivity index (χ0v) is 14.9. The van der Waals surface area contributed by atoms with Crippen LogP contribution in [0.5, 0.6) is 0 Å². The lowest BCUT2D eigenvalue weighted by Crippen LogP contribution is -2.30. The highest BCUT2D eigenvalue weighted by Crippen LogP contribution is 2.38. The summed E-state index contributed by atoms with van der Waals surface area (Å²) in [5.74, 6) is 3.68. The van der Waals surface area contributed by atoms with Gasteiger partial charge in [-0.1, -0.05) is 48.1 Å². The summed E-state index contributed by atoms with van der Waals surface area (Å²) >= 11 is 3.60. The molecule has 2 aliphatic heterocycles. The lowest BCUT2D eigenvalue weighted by atomic mass is 10.0. The van der Waals surface area contributed by atoms with Crippen molar-refractivity contribution in [3.05, 3.63) is 35.4 Å². The maximum Gasteiger partial charge on any atom is 0.254 e. The van der Waals surface area contributed by atoms with E-state index in [1.54, 1.807) is 11.8 Å². The fourth-order valence-corrected chi connectivity index (χ4v) is 5.98. The summed E-state index contributed by atoms with van der Waals surface area (Å²) in [4.78, 5) is 19.6. The van der Waals surface area contributed by atoms with Gasteiger partial charge >= 0.3 is 0 Å². The normalized spacial score (nSPS) is 26.4. The van der Waals surface area contributed by atoms with Gasteiger partial charge < -0.3 is 4.90 Å². The van der Waals surface area contributed by atoms with Crippen LogP contribution in [0, 0.1) is 11.8 Å². The molecule has 3 nitrogen and oxygen atoms in total. The zero-order chi connectivity index (χ0) is 15.6. The van der Waals surface area contributed by atoms with Crippen LogP contribution in [0.4, 0.5) is 0 Å². The first-order valence-electron chi connectivity index (χ1n) is 8.48. The number of nitrogens with zero attached hydrogens (tertiary/aromatic N) is 2. The highest BCUT2D eigenvalue weighted by atomic mass is 32.2. The second-order valence-corrected chi connectivity index (χ2v) is 8.91. The van der Waals surface area contributed by atoms with Crippen molar-refractivity contribution >= 4 is 33.8 Å². The number of carbonyl (C=O) groups excluding carboxylic acids is 1. The standard InChI is InChI=1S/C18H22N2OS2/c21-17(20-10-13-5-3-6-14(13)11-20)16-7-2-1-4-15(16)12-23-18-19-8-9-22-18/h1-2,4,7,13-14H,3,5-6,8-12H2/t13-,14-/m0/s1. The minimum Gasteiger partial charge on any atom is -0.338 e. The Hall–Kier alpha value is -0.940. The lowest BCUT2D eigenvalue weighted by molar-refractivity contribution is 0.0780. The molecule has 2 atom stereocenters. The van der Waals surface area contributed by atoms with E-state index in [0.717, 1.165) is 54.1 Å². The molecule has 3 aliphatic rings. The Labute approximate surface area is 146 Å². The molecule has 5 heteroatoms. The molecule has 2 fully saturated rings. The van der Waals surface area contributed by atoms with Gasteiger partial charge in [0.2, 0.25) is 0 Å². The molecule has 23 heavy (non-hydrogen) atoms. The Kier molecular flexibility index (Phi) is 4.67. The van der Waals surface area contributed by atoms with Crippen molar-refractivity contribution in [2.45, 2.75) is 25.0 Å². The number of hydrogen-bond acceptors (Lipinski definition) is 4. The van der Waals surface area contributed by atoms with E-state index in [2.05, 4.69) is 16.0 Å². The molecule has 1 saturated heterocycles. The monoisotopic (exact) mass is 346 g/mol. The lowest BCUT2D eigenvalue weighted by Gasteiger charge is -2.19. The van der Waals surface area contributed by atoms with Crippen LogP contribution in [0.15, 0.2) is 29.3 Å². The van der Waals surface area contributed by atoms with E-state index in [9.17, 15) is 4.79 Å². The van der Waals surface area contributed by atoms with Crippen molar-refractivity contribution in [1.82, 2.24) is 4.90 Å². The molecule has 0 spiro atoms. The van der Waals surface area contributed by atoms with Gasteiger partial charge in [-0.25, -0.2) is 0 Å². The van der Waals surface area contributed by atoms with Crippen molar-refractivity contribution in [3.63, 3.8) is 0 Å². The number of carbonyl (C=O) groups is 1. The molecule has 4 rings (SSSR count). The molecule has 1 aromatic carbocycles. The third kappa shape index (κ3) is 3.31. The Morgan fingerprint density at radius 3 is 2.78 bits per heavy atom. The molecule has 1 aromatic rings. The summed E-state index contributed by atoms with van der Waals surface area (Å²) < 4.78 is 1.17. The molecule has 1 amide bonds. The molecular weight excluding hydrogens is 324 g/mol. The predicted octanol–water partition coefficient (Wildman–Crippen LogP) is 3.89. The van der Waals surface area contributed by atoms with Crippen LogP contribution in [0.1, 0.15) is 35.2 Å². The second kappa shape index (κ2) is 6.89. The summed E-state index contributed by atoms with van der Waals surface area (Å²) in [5.41, 5.74) is 2.04. The van der Waals surface area contributed by atoms with Gasteiger partial charge in [0.25, 0.3) is 5.91 Å². The molecular formula is C18H22N2OS2. The SMILES string of the molecule is O=C(c1ccccc1CSC1=NCCS1)N1C[C@@H]2CCC[C@H]2C1. The van der Waals surface area contributed by atoms with Gasteiger partial charge in [-0.2, -0.15) is 0 Å². The number of amides is 1. The van der Waals surface area contributed by atoms with Crippen molar-refractivity contribution in [2.75, 3.05) is 25.4 Å². The third-order valence-electron chi connectivity index (χ3n) is 5.17. The molecule has 1 aliphatic carbocycles. The van der Waals surface area contributed by atoms with Crippen LogP contribution >= 0.6 is 23.5 Å². The van der Waals surface area contributed by atoms with Crippen LogP contribution in [0.25, 0.3) is 0 Å². The summed E-state index contributed by atoms with van der Waals surface area (Å²) in [6.07, 6.45) is 3.97. The Balaban J connectivity index is 1.46. The molecule has 1 saturated carbocycles. The summed E-state index contributed by atoms with van der Waals surface area (Å²) in [7, 11) is 0. The van der Waals surface area contributed by atoms with Crippen LogP contribution in [0.3, 0.4) is 0 Å². The average molecular weight is 347 g/mol. The van der Waals surface area contributed by atoms with Crippen LogP contribution < -0.4 is 0 Å². The first-order chi connectivity index (χ1) is 11.3. The van der Waals surface area contributed by atoms with E-state index in [0.29, 0.717) is 0 Å². The number of likely N-dealkylation sites (tertiary alicyclic amines) is 1. The molecule has 122 valence electrons. The number of fused-ring (bicyclic) bond motifs is 1. The number of rotatable bonds is 3. The second-order valence-electron chi connectivity index (χ2n) is 6.60. The maximum atomic E-state index is 13.0. The first kappa shape index (κ1) is 15.6. The van der Waals surface area contributed by atoms with E-state index >= 15 is 0 Å². The van der Waals surface area contributed by atoms with Gasteiger partial charge in [-0.15, -0.1) is 0 Å². The third-order valence-corrected chi connectivity index (χ3v) is 7.47. The minimum atomic E-state index is 0.233. The van der Waals surface area contributed by atoms with Crippen LogP contribution in [0.2, 0.25) is 0 Å². The number of aliphatic imine (C=N–C) groups is 1. The highest BCUT2D eigenvalue weighted by molar-refractivity contribution is 8.38. The van der Waals surface area contributed by atoms with Crippen molar-refractivity contribution in [2.24, 2.45) is 16.8 Å². The van der Waals surface area contributed by atoms with Gasteiger partial charge in [-0.05, 0) is 36.3 Å². The zero-order valence-electron chi connectivity index (χ0n) is 13.2. The molecule has 0 radical (unpaired) electrons. The Bertz CT molecular complexity index is 619. The van der Waals surface area contributed by atoms with Crippen LogP contribution in [-0.4, -0.2) is 40.6 Å². The smallest absolute Gasteiger partial charge is 0.254 e.